The Morgan fingerprint density at radius 3 is 2.54 bits per heavy atom. The van der Waals surface area contributed by atoms with Gasteiger partial charge in [0.1, 0.15) is 0 Å². The molecule has 0 radical (unpaired) electrons. The lowest BCUT2D eigenvalue weighted by molar-refractivity contribution is -0.132. The maximum absolute atomic E-state index is 12.7. The number of hydrogen-bond acceptors (Lipinski definition) is 6. The summed E-state index contributed by atoms with van der Waals surface area (Å²) in [5, 5.41) is 7.40. The molecule has 6 rings (SSSR count). The lowest BCUT2D eigenvalue weighted by Gasteiger charge is -2.62. The van der Waals surface area contributed by atoms with Crippen molar-refractivity contribution in [1.29, 1.82) is 0 Å². The van der Waals surface area contributed by atoms with E-state index in [0.717, 1.165) is 30.3 Å². The highest BCUT2D eigenvalue weighted by Crippen LogP contribution is 2.58. The summed E-state index contributed by atoms with van der Waals surface area (Å²) in [6, 6.07) is 0. The first-order valence-corrected chi connectivity index (χ1v) is 11.3. The Kier molecular flexibility index (Phi) is 4.63. The minimum atomic E-state index is -0.103. The zero-order valence-corrected chi connectivity index (χ0v) is 17.7. The molecule has 152 valence electrons. The fourth-order valence-electron chi connectivity index (χ4n) is 6.70. The molecule has 8 heteroatoms. The number of anilines is 1. The first-order valence-electron chi connectivity index (χ1n) is 10.5. The third-order valence-corrected chi connectivity index (χ3v) is 7.70. The first kappa shape index (κ1) is 18.8. The Morgan fingerprint density at radius 1 is 1.21 bits per heavy atom. The van der Waals surface area contributed by atoms with Gasteiger partial charge in [-0.25, -0.2) is 9.97 Å². The molecule has 1 aliphatic heterocycles. The molecule has 5 fully saturated rings. The number of aromatic nitrogens is 2. The molecule has 3 atom stereocenters. The number of nitrogens with two attached hydrogens (primary N) is 1. The Hall–Kier alpha value is -1.25. The van der Waals surface area contributed by atoms with Crippen LogP contribution in [0.15, 0.2) is 16.9 Å². The third kappa shape index (κ3) is 3.44. The molecule has 0 spiro atoms. The normalized spacial score (nSPS) is 38.8. The average Bonchev–Trinajstić information content (AvgIpc) is 3.06. The maximum Gasteiger partial charge on any atom is 0.237 e. The van der Waals surface area contributed by atoms with E-state index in [-0.39, 0.29) is 23.2 Å². The minimum Gasteiger partial charge on any atom is -0.349 e. The van der Waals surface area contributed by atoms with Gasteiger partial charge in [-0.3, -0.25) is 4.79 Å². The van der Waals surface area contributed by atoms with Crippen LogP contribution in [0.3, 0.4) is 0 Å². The van der Waals surface area contributed by atoms with E-state index in [4.69, 9.17) is 5.73 Å². The molecule has 1 amide bonds. The molecule has 2 unspecified atom stereocenters. The molecule has 28 heavy (non-hydrogen) atoms. The van der Waals surface area contributed by atoms with Gasteiger partial charge in [-0.15, -0.1) is 0 Å². The molecule has 5 aliphatic rings. The SMILES string of the molecule is N[C@@H]1CCCN1C(=O)CNC12CC3CC(C1)CC(Nc1ncc(Br)cn1)(C3)C2. The van der Waals surface area contributed by atoms with E-state index < -0.39 is 0 Å². The number of amides is 1. The van der Waals surface area contributed by atoms with Gasteiger partial charge < -0.3 is 21.3 Å². The summed E-state index contributed by atoms with van der Waals surface area (Å²) in [7, 11) is 0. The number of carbonyl (C=O) groups excluding carboxylic acids is 1. The molecule has 2 heterocycles. The zero-order chi connectivity index (χ0) is 19.4. The van der Waals surface area contributed by atoms with Crippen molar-refractivity contribution in [3.8, 4) is 0 Å². The van der Waals surface area contributed by atoms with Gasteiger partial charge in [-0.1, -0.05) is 0 Å². The molecule has 1 saturated heterocycles. The average molecular weight is 449 g/mol. The van der Waals surface area contributed by atoms with E-state index >= 15 is 0 Å². The molecule has 1 aromatic heterocycles. The Balaban J connectivity index is 1.30. The lowest BCUT2D eigenvalue weighted by Crippen LogP contribution is -2.67. The summed E-state index contributed by atoms with van der Waals surface area (Å²) in [4.78, 5) is 23.4. The van der Waals surface area contributed by atoms with Gasteiger partial charge in [0.25, 0.3) is 0 Å². The summed E-state index contributed by atoms with van der Waals surface area (Å²) >= 11 is 3.41. The van der Waals surface area contributed by atoms with Crippen molar-refractivity contribution >= 4 is 27.8 Å². The molecule has 7 nitrogen and oxygen atoms in total. The quantitative estimate of drug-likeness (QED) is 0.638. The molecular weight excluding hydrogens is 420 g/mol. The molecular formula is C20H29BrN6O. The van der Waals surface area contributed by atoms with Gasteiger partial charge in [0.2, 0.25) is 11.9 Å². The van der Waals surface area contributed by atoms with Crippen LogP contribution in [0.2, 0.25) is 0 Å². The number of nitrogens with one attached hydrogen (secondary N) is 2. The lowest BCUT2D eigenvalue weighted by atomic mass is 9.50. The third-order valence-electron chi connectivity index (χ3n) is 7.29. The Labute approximate surface area is 174 Å². The van der Waals surface area contributed by atoms with Crippen LogP contribution in [0.5, 0.6) is 0 Å². The molecule has 1 aromatic rings. The summed E-state index contributed by atoms with van der Waals surface area (Å²) in [6.45, 7) is 1.20. The topological polar surface area (TPSA) is 96.2 Å². The van der Waals surface area contributed by atoms with Crippen molar-refractivity contribution in [2.45, 2.75) is 68.6 Å². The van der Waals surface area contributed by atoms with Gasteiger partial charge >= 0.3 is 0 Å². The van der Waals surface area contributed by atoms with Gasteiger partial charge in [-0.2, -0.15) is 0 Å². The number of carbonyl (C=O) groups is 1. The van der Waals surface area contributed by atoms with E-state index in [1.165, 1.54) is 32.1 Å². The zero-order valence-electron chi connectivity index (χ0n) is 16.2. The standard InChI is InChI=1S/C20H29BrN6O/c21-15-9-23-18(24-10-15)26-20-7-13-4-14(8-20)6-19(5-13,12-20)25-11-17(28)27-3-1-2-16(27)22/h9-10,13-14,16,25H,1-8,11-12,22H2,(H,23,24,26)/t13?,14?,16-,19?,20?/m0/s1. The first-order chi connectivity index (χ1) is 13.4. The predicted octanol–water partition coefficient (Wildman–Crippen LogP) is 2.24. The van der Waals surface area contributed by atoms with Crippen molar-refractivity contribution in [3.63, 3.8) is 0 Å². The summed E-state index contributed by atoms with van der Waals surface area (Å²) < 4.78 is 0.889. The van der Waals surface area contributed by atoms with Crippen LogP contribution in [0.1, 0.15) is 51.4 Å². The van der Waals surface area contributed by atoms with E-state index in [1.807, 2.05) is 4.90 Å². The van der Waals surface area contributed by atoms with Crippen LogP contribution in [0.25, 0.3) is 0 Å². The highest BCUT2D eigenvalue weighted by molar-refractivity contribution is 9.10. The van der Waals surface area contributed by atoms with Gasteiger partial charge in [0.05, 0.1) is 17.2 Å². The minimum absolute atomic E-state index is 0.0397. The van der Waals surface area contributed by atoms with Crippen molar-refractivity contribution in [2.75, 3.05) is 18.4 Å². The number of hydrogen-bond donors (Lipinski definition) is 3. The second-order valence-corrected chi connectivity index (χ2v) is 10.4. The number of rotatable bonds is 5. The van der Waals surface area contributed by atoms with Crippen LogP contribution < -0.4 is 16.4 Å². The molecule has 4 N–H and O–H groups in total. The largest absolute Gasteiger partial charge is 0.349 e. The van der Waals surface area contributed by atoms with Gasteiger partial charge in [0.15, 0.2) is 0 Å². The van der Waals surface area contributed by atoms with Crippen LogP contribution in [0.4, 0.5) is 5.95 Å². The fraction of sp³-hybridized carbons (Fsp3) is 0.750. The van der Waals surface area contributed by atoms with Crippen LogP contribution >= 0.6 is 15.9 Å². The van der Waals surface area contributed by atoms with Crippen molar-refractivity contribution in [2.24, 2.45) is 17.6 Å². The highest BCUT2D eigenvalue weighted by atomic mass is 79.9. The van der Waals surface area contributed by atoms with E-state index in [9.17, 15) is 4.79 Å². The number of halogens is 1. The second-order valence-electron chi connectivity index (χ2n) is 9.52. The van der Waals surface area contributed by atoms with Gasteiger partial charge in [-0.05, 0) is 79.1 Å². The summed E-state index contributed by atoms with van der Waals surface area (Å²) in [5.74, 6) is 2.28. The van der Waals surface area contributed by atoms with Crippen LogP contribution in [0, 0.1) is 11.8 Å². The maximum atomic E-state index is 12.7. The van der Waals surface area contributed by atoms with E-state index in [1.54, 1.807) is 12.4 Å². The molecule has 4 bridgehead atoms. The summed E-state index contributed by atoms with van der Waals surface area (Å²) in [5.41, 5.74) is 6.17. The van der Waals surface area contributed by atoms with Crippen molar-refractivity contribution < 1.29 is 4.79 Å². The summed E-state index contributed by atoms with van der Waals surface area (Å²) in [6.07, 6.45) is 12.5. The monoisotopic (exact) mass is 448 g/mol. The Morgan fingerprint density at radius 2 is 1.89 bits per heavy atom. The Bertz CT molecular complexity index is 742. The van der Waals surface area contributed by atoms with Gasteiger partial charge in [0, 0.05) is 30.0 Å². The van der Waals surface area contributed by atoms with E-state index in [0.29, 0.717) is 24.3 Å². The molecule has 0 aromatic carbocycles. The second kappa shape index (κ2) is 6.92. The van der Waals surface area contributed by atoms with Crippen LogP contribution in [-0.2, 0) is 4.79 Å². The van der Waals surface area contributed by atoms with Crippen LogP contribution in [-0.4, -0.2) is 51.1 Å². The molecule has 4 saturated carbocycles. The number of likely N-dealkylation sites (tertiary alicyclic amines) is 1. The molecule has 4 aliphatic carbocycles. The predicted molar refractivity (Wildman–Crippen MR) is 110 cm³/mol. The number of nitrogens with zero attached hydrogens (tertiary/aromatic N) is 3. The highest BCUT2D eigenvalue weighted by Gasteiger charge is 2.58. The van der Waals surface area contributed by atoms with Crippen molar-refractivity contribution in [3.05, 3.63) is 16.9 Å². The van der Waals surface area contributed by atoms with E-state index in [2.05, 4.69) is 36.5 Å². The van der Waals surface area contributed by atoms with Crippen molar-refractivity contribution in [1.82, 2.24) is 20.2 Å². The fourth-order valence-corrected chi connectivity index (χ4v) is 6.90. The smallest absolute Gasteiger partial charge is 0.237 e.